The van der Waals surface area contributed by atoms with Gasteiger partial charge in [0.1, 0.15) is 11.6 Å². The lowest BCUT2D eigenvalue weighted by Gasteiger charge is -2.13. The Bertz CT molecular complexity index is 666. The molecular weight excluding hydrogens is 282 g/mol. The maximum absolute atomic E-state index is 13.5. The van der Waals surface area contributed by atoms with Gasteiger partial charge >= 0.3 is 0 Å². The summed E-state index contributed by atoms with van der Waals surface area (Å²) in [5, 5.41) is 12.2. The first-order valence-corrected chi connectivity index (χ1v) is 5.96. The van der Waals surface area contributed by atoms with Gasteiger partial charge in [0.2, 0.25) is 0 Å². The van der Waals surface area contributed by atoms with Gasteiger partial charge in [-0.25, -0.2) is 18.7 Å². The lowest BCUT2D eigenvalue weighted by atomic mass is 10.1. The molecule has 1 unspecified atom stereocenters. The minimum atomic E-state index is -1.33. The smallest absolute Gasteiger partial charge is 0.273 e. The van der Waals surface area contributed by atoms with Crippen molar-refractivity contribution in [3.05, 3.63) is 53.5 Å². The van der Waals surface area contributed by atoms with Crippen LogP contribution < -0.4 is 11.1 Å². The molecule has 4 N–H and O–H groups in total. The molecule has 110 valence electrons. The second kappa shape index (κ2) is 6.23. The molecule has 0 saturated heterocycles. The van der Waals surface area contributed by atoms with Crippen LogP contribution in [0.5, 0.6) is 0 Å². The summed E-state index contributed by atoms with van der Waals surface area (Å²) in [5.74, 6) is -2.35. The number of aliphatic hydroxyl groups excluding tert-OH is 1. The van der Waals surface area contributed by atoms with E-state index in [1.54, 1.807) is 0 Å². The zero-order valence-electron chi connectivity index (χ0n) is 10.8. The summed E-state index contributed by atoms with van der Waals surface area (Å²) in [6.07, 6.45) is 1.29. The molecule has 0 saturated carbocycles. The summed E-state index contributed by atoms with van der Waals surface area (Å²) in [4.78, 5) is 19.2. The molecule has 2 rings (SSSR count). The summed E-state index contributed by atoms with van der Waals surface area (Å²) >= 11 is 0. The molecule has 1 atom stereocenters. The van der Waals surface area contributed by atoms with E-state index in [4.69, 9.17) is 5.73 Å². The number of anilines is 1. The molecule has 0 fully saturated rings. The third kappa shape index (κ3) is 3.48. The zero-order valence-corrected chi connectivity index (χ0v) is 10.8. The summed E-state index contributed by atoms with van der Waals surface area (Å²) in [5.41, 5.74) is 5.27. The third-order valence-electron chi connectivity index (χ3n) is 2.72. The van der Waals surface area contributed by atoms with Gasteiger partial charge in [-0.05, 0) is 6.07 Å². The number of halogens is 2. The highest BCUT2D eigenvalue weighted by atomic mass is 19.1. The standard InChI is InChI=1S/C13H12F2N4O2/c14-7-1-2-8(9(15)5-7)10(20)6-19-13(21)11-12(16)18-4-3-17-11/h1-5,10,20H,6H2,(H2,16,18)(H,19,21). The van der Waals surface area contributed by atoms with E-state index in [-0.39, 0.29) is 23.6 Å². The number of nitrogens with zero attached hydrogens (tertiary/aromatic N) is 2. The average molecular weight is 294 g/mol. The molecule has 1 heterocycles. The van der Waals surface area contributed by atoms with E-state index >= 15 is 0 Å². The molecule has 0 aliphatic rings. The fraction of sp³-hybridized carbons (Fsp3) is 0.154. The highest BCUT2D eigenvalue weighted by molar-refractivity contribution is 5.96. The van der Waals surface area contributed by atoms with E-state index in [1.165, 1.54) is 12.4 Å². The van der Waals surface area contributed by atoms with Crippen LogP contribution in [-0.2, 0) is 0 Å². The van der Waals surface area contributed by atoms with Crippen LogP contribution in [-0.4, -0.2) is 27.5 Å². The Balaban J connectivity index is 2.02. The average Bonchev–Trinajstić information content (AvgIpc) is 2.45. The van der Waals surface area contributed by atoms with Crippen molar-refractivity contribution in [3.63, 3.8) is 0 Å². The molecule has 1 amide bonds. The Kier molecular flexibility index (Phi) is 4.39. The number of rotatable bonds is 4. The van der Waals surface area contributed by atoms with E-state index in [2.05, 4.69) is 15.3 Å². The summed E-state index contributed by atoms with van der Waals surface area (Å²) in [7, 11) is 0. The first-order chi connectivity index (χ1) is 9.99. The van der Waals surface area contributed by atoms with Crippen LogP contribution in [0, 0.1) is 11.6 Å². The van der Waals surface area contributed by atoms with Crippen molar-refractivity contribution in [1.82, 2.24) is 15.3 Å². The van der Waals surface area contributed by atoms with Crippen molar-refractivity contribution in [2.45, 2.75) is 6.10 Å². The summed E-state index contributed by atoms with van der Waals surface area (Å²) in [6, 6.07) is 2.78. The number of aromatic nitrogens is 2. The van der Waals surface area contributed by atoms with Gasteiger partial charge in [0, 0.05) is 30.6 Å². The third-order valence-corrected chi connectivity index (χ3v) is 2.72. The van der Waals surface area contributed by atoms with Crippen molar-refractivity contribution in [2.75, 3.05) is 12.3 Å². The molecule has 8 heteroatoms. The van der Waals surface area contributed by atoms with E-state index in [1.807, 2.05) is 0 Å². The number of benzene rings is 1. The lowest BCUT2D eigenvalue weighted by Crippen LogP contribution is -2.30. The minimum absolute atomic E-state index is 0.0579. The number of nitrogens with two attached hydrogens (primary N) is 1. The van der Waals surface area contributed by atoms with Gasteiger partial charge in [0.05, 0.1) is 6.10 Å². The Morgan fingerprint density at radius 2 is 2.05 bits per heavy atom. The first-order valence-electron chi connectivity index (χ1n) is 5.96. The number of amides is 1. The fourth-order valence-electron chi connectivity index (χ4n) is 1.68. The van der Waals surface area contributed by atoms with Crippen molar-refractivity contribution in [1.29, 1.82) is 0 Å². The predicted molar refractivity (Wildman–Crippen MR) is 70.1 cm³/mol. The molecule has 21 heavy (non-hydrogen) atoms. The monoisotopic (exact) mass is 294 g/mol. The normalized spacial score (nSPS) is 12.0. The van der Waals surface area contributed by atoms with E-state index in [0.717, 1.165) is 12.1 Å². The molecule has 1 aromatic carbocycles. The van der Waals surface area contributed by atoms with Gasteiger partial charge in [-0.3, -0.25) is 4.79 Å². The second-order valence-corrected chi connectivity index (χ2v) is 4.18. The number of nitrogens with one attached hydrogen (secondary N) is 1. The quantitative estimate of drug-likeness (QED) is 0.774. The number of carbonyl (C=O) groups is 1. The van der Waals surface area contributed by atoms with Crippen molar-refractivity contribution in [3.8, 4) is 0 Å². The molecule has 0 bridgehead atoms. The number of carbonyl (C=O) groups excluding carboxylic acids is 1. The van der Waals surface area contributed by atoms with Crippen LogP contribution in [0.4, 0.5) is 14.6 Å². The molecule has 2 aromatic rings. The Morgan fingerprint density at radius 1 is 1.33 bits per heavy atom. The lowest BCUT2D eigenvalue weighted by molar-refractivity contribution is 0.0909. The van der Waals surface area contributed by atoms with Crippen LogP contribution >= 0.6 is 0 Å². The highest BCUT2D eigenvalue weighted by Crippen LogP contribution is 2.17. The van der Waals surface area contributed by atoms with Crippen LogP contribution in [0.1, 0.15) is 22.2 Å². The number of aliphatic hydroxyl groups is 1. The van der Waals surface area contributed by atoms with Crippen LogP contribution in [0.15, 0.2) is 30.6 Å². The molecule has 0 aliphatic carbocycles. The van der Waals surface area contributed by atoms with Gasteiger partial charge < -0.3 is 16.2 Å². The maximum atomic E-state index is 13.5. The fourth-order valence-corrected chi connectivity index (χ4v) is 1.68. The van der Waals surface area contributed by atoms with Gasteiger partial charge in [-0.15, -0.1) is 0 Å². The first kappa shape index (κ1) is 14.8. The van der Waals surface area contributed by atoms with Crippen LogP contribution in [0.25, 0.3) is 0 Å². The molecule has 0 aliphatic heterocycles. The van der Waals surface area contributed by atoms with Crippen molar-refractivity contribution in [2.24, 2.45) is 0 Å². The Hall–Kier alpha value is -2.61. The number of hydrogen-bond acceptors (Lipinski definition) is 5. The molecule has 0 radical (unpaired) electrons. The van der Waals surface area contributed by atoms with Crippen molar-refractivity contribution >= 4 is 11.7 Å². The molecular formula is C13H12F2N4O2. The summed E-state index contributed by atoms with van der Waals surface area (Å²) < 4.78 is 26.2. The predicted octanol–water partition coefficient (Wildman–Crippen LogP) is 0.800. The van der Waals surface area contributed by atoms with Gasteiger partial charge in [-0.1, -0.05) is 6.07 Å². The van der Waals surface area contributed by atoms with Gasteiger partial charge in [-0.2, -0.15) is 0 Å². The largest absolute Gasteiger partial charge is 0.386 e. The zero-order chi connectivity index (χ0) is 15.4. The Morgan fingerprint density at radius 3 is 2.71 bits per heavy atom. The minimum Gasteiger partial charge on any atom is -0.386 e. The van der Waals surface area contributed by atoms with E-state index in [0.29, 0.717) is 6.07 Å². The van der Waals surface area contributed by atoms with Gasteiger partial charge in [0.15, 0.2) is 11.5 Å². The topological polar surface area (TPSA) is 101 Å². The highest BCUT2D eigenvalue weighted by Gasteiger charge is 2.17. The summed E-state index contributed by atoms with van der Waals surface area (Å²) in [6.45, 7) is -0.280. The maximum Gasteiger partial charge on any atom is 0.273 e. The number of nitrogen functional groups attached to an aromatic ring is 1. The van der Waals surface area contributed by atoms with Crippen LogP contribution in [0.3, 0.4) is 0 Å². The van der Waals surface area contributed by atoms with Crippen molar-refractivity contribution < 1.29 is 18.7 Å². The molecule has 6 nitrogen and oxygen atoms in total. The van der Waals surface area contributed by atoms with Crippen LogP contribution in [0.2, 0.25) is 0 Å². The molecule has 0 spiro atoms. The molecule has 1 aromatic heterocycles. The Labute approximate surface area is 118 Å². The van der Waals surface area contributed by atoms with Gasteiger partial charge in [0.25, 0.3) is 5.91 Å². The second-order valence-electron chi connectivity index (χ2n) is 4.18. The number of hydrogen-bond donors (Lipinski definition) is 3. The van der Waals surface area contributed by atoms with E-state index in [9.17, 15) is 18.7 Å². The van der Waals surface area contributed by atoms with E-state index < -0.39 is 23.6 Å². The SMILES string of the molecule is Nc1nccnc1C(=O)NCC(O)c1ccc(F)cc1F.